The van der Waals surface area contributed by atoms with E-state index in [0.29, 0.717) is 56.0 Å². The van der Waals surface area contributed by atoms with Gasteiger partial charge in [0.1, 0.15) is 12.6 Å². The number of nitrogens with one attached hydrogen (secondary N) is 1. The third-order valence-corrected chi connectivity index (χ3v) is 13.1. The minimum Gasteiger partial charge on any atom is -0.350 e. The molecule has 1 N–H and O–H groups in total. The number of benzene rings is 4. The van der Waals surface area contributed by atoms with Crippen LogP contribution in [0.2, 0.25) is 0 Å². The molecule has 0 radical (unpaired) electrons. The average Bonchev–Trinajstić information content (AvgIpc) is 3.70. The maximum Gasteiger partial charge on any atom is 0.363 e. The third-order valence-electron chi connectivity index (χ3n) is 10.6. The van der Waals surface area contributed by atoms with Crippen LogP contribution in [-0.4, -0.2) is 97.8 Å². The predicted molar refractivity (Wildman–Crippen MR) is 218 cm³/mol. The maximum absolute atomic E-state index is 14.0. The van der Waals surface area contributed by atoms with Crippen LogP contribution in [0.3, 0.4) is 0 Å². The molecule has 0 spiro atoms. The molecule has 15 heteroatoms. The molecule has 8 rings (SSSR count). The highest BCUT2D eigenvalue weighted by molar-refractivity contribution is 7.83. The molecule has 292 valence electrons. The Hall–Kier alpha value is -5.27. The summed E-state index contributed by atoms with van der Waals surface area (Å²) in [6.07, 6.45) is 1.70. The number of halogens is 1. The lowest BCUT2D eigenvalue weighted by Gasteiger charge is -2.50. The fourth-order valence-corrected chi connectivity index (χ4v) is 9.64. The summed E-state index contributed by atoms with van der Waals surface area (Å²) in [6, 6.07) is 39.9. The number of morpholine rings is 1. The fraction of sp³-hybridized carbons (Fsp3) is 0.262. The molecule has 3 unspecified atom stereocenters. The molecular weight excluding hydrogens is 763 g/mol. The molecule has 2 saturated heterocycles. The third kappa shape index (κ3) is 7.87. The van der Waals surface area contributed by atoms with Gasteiger partial charge in [-0.05, 0) is 40.1 Å². The second kappa shape index (κ2) is 16.7. The van der Waals surface area contributed by atoms with Crippen molar-refractivity contribution in [3.8, 4) is 0 Å². The van der Waals surface area contributed by atoms with E-state index in [9.17, 15) is 14.2 Å². The van der Waals surface area contributed by atoms with Crippen molar-refractivity contribution in [2.45, 2.75) is 24.8 Å². The average molecular weight is 805 g/mol. The van der Waals surface area contributed by atoms with Crippen molar-refractivity contribution in [1.82, 2.24) is 34.0 Å². The van der Waals surface area contributed by atoms with Crippen molar-refractivity contribution in [1.29, 1.82) is 0 Å². The summed E-state index contributed by atoms with van der Waals surface area (Å²) in [4.78, 5) is 42.9. The first-order valence-electron chi connectivity index (χ1n) is 18.8. The standard InChI is InChI=1S/C42H42ClN8O5P/c1-31(52)48-22-24-50(25-23-48)57(43,54)55-28-36-26-49(42(33-16-8-3-9-17-33,34-18-10-4-11-19-34)35-20-12-5-13-21-35)27-37(56-36)51-30-46-38-39(44-29-45-40(38)51)47-41(53)32-14-6-2-7-15-32/h2-21,29-30,36-37H,22-28H2,1H3,(H,44,45,47,53). The number of piperazine rings is 1. The van der Waals surface area contributed by atoms with Crippen molar-refractivity contribution in [2.75, 3.05) is 51.2 Å². The van der Waals surface area contributed by atoms with Crippen molar-refractivity contribution in [3.05, 3.63) is 156 Å². The van der Waals surface area contributed by atoms with Crippen molar-refractivity contribution in [2.24, 2.45) is 0 Å². The molecule has 2 aliphatic heterocycles. The number of nitrogens with zero attached hydrogens (tertiary/aromatic N) is 7. The van der Waals surface area contributed by atoms with Crippen molar-refractivity contribution in [3.63, 3.8) is 0 Å². The number of amides is 2. The van der Waals surface area contributed by atoms with Gasteiger partial charge in [-0.3, -0.25) is 23.6 Å². The molecule has 4 heterocycles. The van der Waals surface area contributed by atoms with Crippen LogP contribution in [0.5, 0.6) is 0 Å². The Balaban J connectivity index is 1.19. The van der Waals surface area contributed by atoms with Gasteiger partial charge in [0.05, 0.1) is 24.6 Å². The Bertz CT molecular complexity index is 2270. The molecule has 0 bridgehead atoms. The van der Waals surface area contributed by atoms with E-state index >= 15 is 0 Å². The molecule has 13 nitrogen and oxygen atoms in total. The monoisotopic (exact) mass is 804 g/mol. The summed E-state index contributed by atoms with van der Waals surface area (Å²) in [5.41, 5.74) is 3.63. The van der Waals surface area contributed by atoms with E-state index in [2.05, 4.69) is 61.6 Å². The number of hydrogen-bond acceptors (Lipinski definition) is 9. The molecule has 0 aliphatic carbocycles. The summed E-state index contributed by atoms with van der Waals surface area (Å²) < 4.78 is 30.4. The van der Waals surface area contributed by atoms with Gasteiger partial charge in [0, 0.05) is 51.8 Å². The van der Waals surface area contributed by atoms with Crippen LogP contribution in [0.4, 0.5) is 5.82 Å². The lowest BCUT2D eigenvalue weighted by molar-refractivity contribution is -0.145. The lowest BCUT2D eigenvalue weighted by Crippen LogP contribution is -2.57. The quantitative estimate of drug-likeness (QED) is 0.110. The number of imidazole rings is 1. The van der Waals surface area contributed by atoms with Gasteiger partial charge >= 0.3 is 6.87 Å². The smallest absolute Gasteiger partial charge is 0.350 e. The zero-order valence-corrected chi connectivity index (χ0v) is 33.0. The predicted octanol–water partition coefficient (Wildman–Crippen LogP) is 6.80. The highest BCUT2D eigenvalue weighted by atomic mass is 35.7. The van der Waals surface area contributed by atoms with Crippen LogP contribution in [0.15, 0.2) is 134 Å². The van der Waals surface area contributed by atoms with E-state index in [1.54, 1.807) is 40.2 Å². The number of anilines is 1. The summed E-state index contributed by atoms with van der Waals surface area (Å²) in [6.45, 7) is -0.185. The molecule has 4 aromatic carbocycles. The second-order valence-corrected chi connectivity index (χ2v) is 17.0. The van der Waals surface area contributed by atoms with E-state index in [1.807, 2.05) is 65.2 Å². The number of carbonyl (C=O) groups excluding carboxylic acids is 2. The minimum atomic E-state index is -3.80. The second-order valence-electron chi connectivity index (χ2n) is 14.0. The number of carbonyl (C=O) groups is 2. The molecule has 3 atom stereocenters. The summed E-state index contributed by atoms with van der Waals surface area (Å²) in [5.74, 6) is -0.0993. The Kier molecular flexibility index (Phi) is 11.3. The molecule has 2 aromatic heterocycles. The number of aromatic nitrogens is 4. The lowest BCUT2D eigenvalue weighted by atomic mass is 9.75. The summed E-state index contributed by atoms with van der Waals surface area (Å²) in [5, 5.41) is 2.89. The van der Waals surface area contributed by atoms with Gasteiger partial charge in [0.15, 0.2) is 17.0 Å². The van der Waals surface area contributed by atoms with Gasteiger partial charge in [-0.15, -0.1) is 0 Å². The van der Waals surface area contributed by atoms with Crippen LogP contribution < -0.4 is 5.32 Å². The van der Waals surface area contributed by atoms with Crippen molar-refractivity contribution >= 4 is 46.9 Å². The van der Waals surface area contributed by atoms with Crippen LogP contribution in [0, 0.1) is 0 Å². The van der Waals surface area contributed by atoms with Gasteiger partial charge < -0.3 is 19.5 Å². The number of ether oxygens (including phenoxy) is 1. The van der Waals surface area contributed by atoms with Gasteiger partial charge in [0.2, 0.25) is 5.91 Å². The van der Waals surface area contributed by atoms with E-state index in [4.69, 9.17) is 20.5 Å². The Labute approximate surface area is 335 Å². The SMILES string of the molecule is CC(=O)N1CCN(P(=O)(Cl)OCC2CN(C(c3ccccc3)(c3ccccc3)c3ccccc3)CC(n3cnc4c(NC(=O)c5ccccc5)ncnc43)O2)CC1. The van der Waals surface area contributed by atoms with Gasteiger partial charge in [-0.25, -0.2) is 19.6 Å². The fourth-order valence-electron chi connectivity index (χ4n) is 7.85. The number of rotatable bonds is 11. The molecule has 6 aromatic rings. The first-order chi connectivity index (χ1) is 27.7. The number of fused-ring (bicyclic) bond motifs is 1. The first-order valence-corrected chi connectivity index (χ1v) is 21.3. The van der Waals surface area contributed by atoms with Gasteiger partial charge in [-0.1, -0.05) is 109 Å². The van der Waals surface area contributed by atoms with Crippen LogP contribution in [0.25, 0.3) is 11.2 Å². The summed E-state index contributed by atoms with van der Waals surface area (Å²) in [7, 11) is 0. The molecular formula is C42H42ClN8O5P. The van der Waals surface area contributed by atoms with Gasteiger partial charge in [-0.2, -0.15) is 0 Å². The molecule has 2 aliphatic rings. The van der Waals surface area contributed by atoms with E-state index in [0.717, 1.165) is 16.7 Å². The Morgan fingerprint density at radius 2 is 1.37 bits per heavy atom. The Morgan fingerprint density at radius 3 is 1.93 bits per heavy atom. The zero-order chi connectivity index (χ0) is 39.4. The zero-order valence-electron chi connectivity index (χ0n) is 31.3. The van der Waals surface area contributed by atoms with E-state index < -0.39 is 24.7 Å². The molecule has 57 heavy (non-hydrogen) atoms. The minimum absolute atomic E-state index is 0.0385. The molecule has 0 saturated carbocycles. The summed E-state index contributed by atoms with van der Waals surface area (Å²) >= 11 is 6.71. The molecule has 2 fully saturated rings. The van der Waals surface area contributed by atoms with Crippen LogP contribution in [-0.2, 0) is 24.2 Å². The van der Waals surface area contributed by atoms with Crippen LogP contribution in [0.1, 0.15) is 40.2 Å². The largest absolute Gasteiger partial charge is 0.363 e. The van der Waals surface area contributed by atoms with E-state index in [1.165, 1.54) is 13.3 Å². The topological polar surface area (TPSA) is 135 Å². The van der Waals surface area contributed by atoms with E-state index in [-0.39, 0.29) is 24.2 Å². The normalized spacial score (nSPS) is 19.2. The van der Waals surface area contributed by atoms with Gasteiger partial charge in [0.25, 0.3) is 5.91 Å². The first kappa shape index (κ1) is 38.6. The Morgan fingerprint density at radius 1 is 0.807 bits per heavy atom. The highest BCUT2D eigenvalue weighted by Crippen LogP contribution is 2.56. The van der Waals surface area contributed by atoms with Crippen LogP contribution >= 0.6 is 18.1 Å². The number of hydrogen-bond donors (Lipinski definition) is 1. The maximum atomic E-state index is 14.0. The van der Waals surface area contributed by atoms with Crippen molar-refractivity contribution < 1.29 is 23.4 Å². The molecule has 2 amide bonds. The highest BCUT2D eigenvalue weighted by Gasteiger charge is 2.47.